The van der Waals surface area contributed by atoms with Crippen LogP contribution < -0.4 is 0 Å². The van der Waals surface area contributed by atoms with E-state index in [-0.39, 0.29) is 5.97 Å². The molecule has 5 heteroatoms. The number of hydrogen-bond donors (Lipinski definition) is 0. The van der Waals surface area contributed by atoms with Crippen LogP contribution in [0, 0.1) is 0 Å². The smallest absolute Gasteiger partial charge is 0.315 e. The van der Waals surface area contributed by atoms with E-state index in [0.717, 1.165) is 63.7 Å². The summed E-state index contributed by atoms with van der Waals surface area (Å²) >= 11 is 1.55. The minimum atomic E-state index is -0.171. The van der Waals surface area contributed by atoms with Gasteiger partial charge in [0.25, 0.3) is 0 Å². The summed E-state index contributed by atoms with van der Waals surface area (Å²) in [5.41, 5.74) is 0. The average molecular weight is 490 g/mol. The Labute approximate surface area is 213 Å². The van der Waals surface area contributed by atoms with Gasteiger partial charge in [0.1, 0.15) is 12.4 Å². The first-order valence-corrected chi connectivity index (χ1v) is 13.9. The molecule has 0 N–H and O–H groups in total. The van der Waals surface area contributed by atoms with Crippen LogP contribution >= 0.6 is 11.8 Å². The van der Waals surface area contributed by atoms with Gasteiger partial charge < -0.3 is 9.64 Å². The van der Waals surface area contributed by atoms with Gasteiger partial charge in [0.15, 0.2) is 0 Å². The van der Waals surface area contributed by atoms with Gasteiger partial charge in [0, 0.05) is 19.4 Å². The van der Waals surface area contributed by atoms with Crippen LogP contribution in [0.3, 0.4) is 0 Å². The summed E-state index contributed by atoms with van der Waals surface area (Å²) in [7, 11) is 3.89. The van der Waals surface area contributed by atoms with Crippen LogP contribution in [0.15, 0.2) is 60.8 Å². The summed E-state index contributed by atoms with van der Waals surface area (Å²) in [4.78, 5) is 25.5. The second-order valence-corrected chi connectivity index (χ2v) is 9.42. The van der Waals surface area contributed by atoms with E-state index >= 15 is 0 Å². The number of hydrogen-bond acceptors (Lipinski definition) is 5. The van der Waals surface area contributed by atoms with Gasteiger partial charge in [0.2, 0.25) is 0 Å². The van der Waals surface area contributed by atoms with Crippen molar-refractivity contribution in [3.05, 3.63) is 60.8 Å². The minimum Gasteiger partial charge on any atom is -0.464 e. The number of carbonyl (C=O) groups excluding carboxylic acids is 2. The van der Waals surface area contributed by atoms with Gasteiger partial charge >= 0.3 is 5.97 Å². The molecule has 0 radical (unpaired) electrons. The lowest BCUT2D eigenvalue weighted by atomic mass is 10.1. The molecule has 0 aromatic heterocycles. The first kappa shape index (κ1) is 32.1. The van der Waals surface area contributed by atoms with E-state index in [2.05, 4.69) is 67.7 Å². The highest BCUT2D eigenvalue weighted by molar-refractivity contribution is 7.99. The third-order valence-corrected chi connectivity index (χ3v) is 5.77. The van der Waals surface area contributed by atoms with Gasteiger partial charge in [-0.25, -0.2) is 0 Å². The van der Waals surface area contributed by atoms with Crippen molar-refractivity contribution in [2.45, 2.75) is 71.1 Å². The summed E-state index contributed by atoms with van der Waals surface area (Å²) in [6, 6.07) is 0. The Balaban J connectivity index is 3.53. The van der Waals surface area contributed by atoms with Gasteiger partial charge in [-0.2, -0.15) is 11.8 Å². The molecule has 0 rings (SSSR count). The fourth-order valence-corrected chi connectivity index (χ4v) is 3.56. The molecule has 0 fully saturated rings. The molecule has 0 aliphatic heterocycles. The summed E-state index contributed by atoms with van der Waals surface area (Å²) in [5.74, 6) is 1.34. The fraction of sp³-hybridized carbons (Fsp3) is 0.586. The van der Waals surface area contributed by atoms with Crippen molar-refractivity contribution in [1.29, 1.82) is 0 Å². The van der Waals surface area contributed by atoms with Crippen LogP contribution in [0.1, 0.15) is 71.1 Å². The van der Waals surface area contributed by atoms with Crippen LogP contribution in [0.5, 0.6) is 0 Å². The maximum Gasteiger partial charge on any atom is 0.315 e. The van der Waals surface area contributed by atoms with Crippen LogP contribution in [0.4, 0.5) is 0 Å². The van der Waals surface area contributed by atoms with Crippen molar-refractivity contribution in [1.82, 2.24) is 4.90 Å². The number of ether oxygens (including phenoxy) is 1. The number of carbonyl (C=O) groups is 2. The first-order valence-electron chi connectivity index (χ1n) is 12.7. The zero-order valence-electron chi connectivity index (χ0n) is 21.8. The van der Waals surface area contributed by atoms with Gasteiger partial charge in [-0.05, 0) is 71.2 Å². The van der Waals surface area contributed by atoms with Crippen molar-refractivity contribution in [3.63, 3.8) is 0 Å². The number of Topliss-reactive ketones (excluding diaryl/α,β-unsaturated/α-hetero) is 1. The van der Waals surface area contributed by atoms with Gasteiger partial charge in [-0.3, -0.25) is 9.59 Å². The molecule has 0 aromatic carbocycles. The van der Waals surface area contributed by atoms with E-state index in [9.17, 15) is 9.59 Å². The zero-order chi connectivity index (χ0) is 25.1. The molecule has 0 unspecified atom stereocenters. The fourth-order valence-electron chi connectivity index (χ4n) is 2.82. The average Bonchev–Trinajstić information content (AvgIpc) is 2.80. The lowest BCUT2D eigenvalue weighted by Gasteiger charge is -2.09. The number of rotatable bonds is 22. The Hall–Kier alpha value is -1.85. The van der Waals surface area contributed by atoms with E-state index < -0.39 is 0 Å². The molecule has 0 bridgehead atoms. The van der Waals surface area contributed by atoms with Crippen LogP contribution in [-0.2, 0) is 14.3 Å². The Morgan fingerprint density at radius 2 is 1.29 bits per heavy atom. The normalized spacial score (nSPS) is 12.5. The molecule has 0 aliphatic carbocycles. The number of allylic oxidation sites excluding steroid dienone is 10. The Morgan fingerprint density at radius 3 is 1.85 bits per heavy atom. The van der Waals surface area contributed by atoms with Crippen molar-refractivity contribution in [2.24, 2.45) is 0 Å². The summed E-state index contributed by atoms with van der Waals surface area (Å²) in [6.45, 7) is 3.32. The molecule has 0 atom stereocenters. The maximum atomic E-state index is 12.0. The lowest BCUT2D eigenvalue weighted by Crippen LogP contribution is -2.20. The lowest BCUT2D eigenvalue weighted by molar-refractivity contribution is -0.140. The van der Waals surface area contributed by atoms with E-state index in [4.69, 9.17) is 4.74 Å². The highest BCUT2D eigenvalue weighted by Gasteiger charge is 2.05. The SMILES string of the molecule is CC/C=C\C/C=C\C/C=C\C/C=C\C/C=C\CCCC(=O)CCCSCC(=O)OCCN(C)C. The number of thioether (sulfide) groups is 1. The standard InChI is InChI=1S/C29H47NO3S/c1-4-5-6-7-8-9-10-11-12-13-14-15-16-17-18-19-20-22-28(31)23-21-26-34-27-29(32)33-25-24-30(2)3/h5-6,8-9,11-12,14-15,17-18H,4,7,10,13,16,19-27H2,1-3H3/b6-5-,9-8-,12-11-,15-14-,18-17-. The van der Waals surface area contributed by atoms with Crippen molar-refractivity contribution in [2.75, 3.05) is 38.8 Å². The highest BCUT2D eigenvalue weighted by atomic mass is 32.2. The number of esters is 1. The Morgan fingerprint density at radius 1 is 0.765 bits per heavy atom. The van der Waals surface area contributed by atoms with E-state index in [1.54, 1.807) is 11.8 Å². The van der Waals surface area contributed by atoms with E-state index in [1.807, 2.05) is 19.0 Å². The second-order valence-electron chi connectivity index (χ2n) is 8.32. The molecule has 192 valence electrons. The zero-order valence-corrected chi connectivity index (χ0v) is 22.6. The summed E-state index contributed by atoms with van der Waals surface area (Å²) in [5, 5.41) is 0. The highest BCUT2D eigenvalue weighted by Crippen LogP contribution is 2.08. The largest absolute Gasteiger partial charge is 0.464 e. The molecular weight excluding hydrogens is 442 g/mol. The van der Waals surface area contributed by atoms with E-state index in [1.165, 1.54) is 0 Å². The topological polar surface area (TPSA) is 46.6 Å². The van der Waals surface area contributed by atoms with Crippen LogP contribution in [0.2, 0.25) is 0 Å². The Bertz CT molecular complexity index is 648. The quantitative estimate of drug-likeness (QED) is 0.0922. The van der Waals surface area contributed by atoms with Crippen LogP contribution in [0.25, 0.3) is 0 Å². The number of ketones is 1. The molecule has 0 saturated heterocycles. The molecule has 0 heterocycles. The predicted molar refractivity (Wildman–Crippen MR) is 149 cm³/mol. The molecule has 0 amide bonds. The maximum absolute atomic E-state index is 12.0. The third kappa shape index (κ3) is 26.4. The monoisotopic (exact) mass is 489 g/mol. The van der Waals surface area contributed by atoms with Gasteiger partial charge in [0.05, 0.1) is 5.75 Å². The number of unbranched alkanes of at least 4 members (excludes halogenated alkanes) is 1. The molecule has 0 aliphatic rings. The second kappa shape index (κ2) is 25.8. The number of likely N-dealkylation sites (N-methyl/N-ethyl adjacent to an activating group) is 1. The van der Waals surface area contributed by atoms with Gasteiger partial charge in [-0.15, -0.1) is 0 Å². The molecule has 0 spiro atoms. The summed E-state index contributed by atoms with van der Waals surface area (Å²) < 4.78 is 5.14. The number of nitrogens with zero attached hydrogens (tertiary/aromatic N) is 1. The molecular formula is C29H47NO3S. The molecule has 34 heavy (non-hydrogen) atoms. The molecule has 4 nitrogen and oxygen atoms in total. The van der Waals surface area contributed by atoms with Crippen molar-refractivity contribution in [3.8, 4) is 0 Å². The third-order valence-electron chi connectivity index (χ3n) is 4.75. The van der Waals surface area contributed by atoms with Crippen LogP contribution in [-0.4, -0.2) is 55.4 Å². The van der Waals surface area contributed by atoms with E-state index in [0.29, 0.717) is 31.0 Å². The molecule has 0 aromatic rings. The van der Waals surface area contributed by atoms with Crippen molar-refractivity contribution < 1.29 is 14.3 Å². The van der Waals surface area contributed by atoms with Crippen molar-refractivity contribution >= 4 is 23.5 Å². The first-order chi connectivity index (χ1) is 16.6. The summed E-state index contributed by atoms with van der Waals surface area (Å²) in [6.07, 6.45) is 30.9. The molecule has 0 saturated carbocycles. The minimum absolute atomic E-state index is 0.171. The predicted octanol–water partition coefficient (Wildman–Crippen LogP) is 7.10. The van der Waals surface area contributed by atoms with Gasteiger partial charge in [-0.1, -0.05) is 67.7 Å². The Kier molecular flexibility index (Phi) is 24.4.